The number of benzene rings is 4. The molecule has 44 heavy (non-hydrogen) atoms. The SMILES string of the molecule is CC(C)(O)[C@H]1Oc2cc(O)c3c(=O)c4ccc(O)c(O)c4oc3c2[C@H]1Oc1ccc2c(=O)c3c(O)cc(O)cc3oc2c1O. The number of hydrogen-bond donors (Lipinski definition) is 7. The molecule has 0 amide bonds. The molecule has 13 nitrogen and oxygen atoms in total. The Bertz CT molecular complexity index is 2340. The van der Waals surface area contributed by atoms with Crippen molar-refractivity contribution in [1.29, 1.82) is 0 Å². The monoisotopic (exact) mass is 602 g/mol. The predicted octanol–water partition coefficient (Wildman–Crippen LogP) is 4.09. The highest BCUT2D eigenvalue weighted by molar-refractivity contribution is 5.99. The third-order valence-corrected chi connectivity index (χ3v) is 7.66. The summed E-state index contributed by atoms with van der Waals surface area (Å²) in [6, 6.07) is 8.05. The van der Waals surface area contributed by atoms with Crippen molar-refractivity contribution in [1.82, 2.24) is 0 Å². The maximum Gasteiger partial charge on any atom is 0.204 e. The molecule has 0 aliphatic carbocycles. The van der Waals surface area contributed by atoms with Gasteiger partial charge in [0.2, 0.25) is 22.4 Å². The van der Waals surface area contributed by atoms with Crippen LogP contribution in [-0.4, -0.2) is 47.5 Å². The fourth-order valence-corrected chi connectivity index (χ4v) is 5.60. The van der Waals surface area contributed by atoms with Gasteiger partial charge in [0.15, 0.2) is 40.5 Å². The van der Waals surface area contributed by atoms with Gasteiger partial charge in [0.05, 0.1) is 21.9 Å². The third kappa shape index (κ3) is 3.69. The Balaban J connectivity index is 1.48. The molecule has 0 spiro atoms. The Morgan fingerprint density at radius 1 is 0.727 bits per heavy atom. The van der Waals surface area contributed by atoms with Crippen LogP contribution in [0.1, 0.15) is 25.5 Å². The number of fused-ring (bicyclic) bond motifs is 6. The van der Waals surface area contributed by atoms with Crippen LogP contribution in [0.2, 0.25) is 0 Å². The van der Waals surface area contributed by atoms with E-state index in [1.165, 1.54) is 32.0 Å². The summed E-state index contributed by atoms with van der Waals surface area (Å²) in [6.45, 7) is 2.84. The number of phenolic OH excluding ortho intramolecular Hbond substituents is 6. The molecule has 0 bridgehead atoms. The number of aliphatic hydroxyl groups is 1. The first-order valence-electron chi connectivity index (χ1n) is 13.1. The highest BCUT2D eigenvalue weighted by Crippen LogP contribution is 2.51. The van der Waals surface area contributed by atoms with Crippen molar-refractivity contribution < 1.29 is 54.1 Å². The van der Waals surface area contributed by atoms with Gasteiger partial charge in [-0.3, -0.25) is 9.59 Å². The molecule has 0 saturated carbocycles. The third-order valence-electron chi connectivity index (χ3n) is 7.66. The van der Waals surface area contributed by atoms with Crippen LogP contribution in [0.15, 0.2) is 60.9 Å². The summed E-state index contributed by atoms with van der Waals surface area (Å²) in [5.41, 5.74) is -4.24. The van der Waals surface area contributed by atoms with Crippen molar-refractivity contribution in [2.75, 3.05) is 0 Å². The predicted molar refractivity (Wildman–Crippen MR) is 154 cm³/mol. The molecule has 1 aliphatic heterocycles. The van der Waals surface area contributed by atoms with E-state index in [0.717, 1.165) is 24.3 Å². The fraction of sp³-hybridized carbons (Fsp3) is 0.161. The van der Waals surface area contributed by atoms with E-state index in [9.17, 15) is 45.3 Å². The van der Waals surface area contributed by atoms with E-state index in [-0.39, 0.29) is 66.7 Å². The van der Waals surface area contributed by atoms with Crippen molar-refractivity contribution in [3.8, 4) is 46.0 Å². The lowest BCUT2D eigenvalue weighted by Crippen LogP contribution is -2.43. The molecule has 2 atom stereocenters. The van der Waals surface area contributed by atoms with Gasteiger partial charge >= 0.3 is 0 Å². The molecule has 13 heteroatoms. The van der Waals surface area contributed by atoms with Crippen molar-refractivity contribution in [3.05, 3.63) is 68.5 Å². The Morgan fingerprint density at radius 3 is 2.07 bits per heavy atom. The molecule has 7 rings (SSSR count). The summed E-state index contributed by atoms with van der Waals surface area (Å²) in [6.07, 6.45) is -2.56. The second kappa shape index (κ2) is 8.84. The molecular weight excluding hydrogens is 580 g/mol. The molecule has 6 aromatic rings. The zero-order valence-corrected chi connectivity index (χ0v) is 22.8. The topological polar surface area (TPSA) is 220 Å². The highest BCUT2D eigenvalue weighted by Gasteiger charge is 2.48. The first kappa shape index (κ1) is 27.0. The standard InChI is InChI=1S/C31H22O13/c1-31(2,40)30-29(41-16-6-4-12-22(36)19-14(34)7-10(32)8-17(19)42-27(12)25(16)39)21-18(43-30)9-15(35)20-23(37)11-3-5-13(33)24(38)26(11)44-28(20)21/h3-9,29-30,32-35,38-40H,1-2H3/t29-,30+/m1/s1. The van der Waals surface area contributed by atoms with Gasteiger partial charge in [0.25, 0.3) is 0 Å². The van der Waals surface area contributed by atoms with Gasteiger partial charge in [0, 0.05) is 18.2 Å². The molecule has 0 fully saturated rings. The molecule has 2 aromatic heterocycles. The number of aromatic hydroxyl groups is 6. The summed E-state index contributed by atoms with van der Waals surface area (Å²) < 4.78 is 23.7. The van der Waals surface area contributed by atoms with E-state index in [4.69, 9.17) is 18.3 Å². The molecule has 4 aromatic carbocycles. The minimum atomic E-state index is -1.63. The molecular formula is C31H22O13. The highest BCUT2D eigenvalue weighted by atomic mass is 16.6. The fourth-order valence-electron chi connectivity index (χ4n) is 5.60. The van der Waals surface area contributed by atoms with Crippen molar-refractivity contribution in [2.24, 2.45) is 0 Å². The van der Waals surface area contributed by atoms with Crippen LogP contribution in [0.25, 0.3) is 43.9 Å². The van der Waals surface area contributed by atoms with Gasteiger partial charge in [-0.1, -0.05) is 0 Å². The first-order chi connectivity index (χ1) is 20.8. The molecule has 224 valence electrons. The van der Waals surface area contributed by atoms with Crippen LogP contribution in [-0.2, 0) is 0 Å². The second-order valence-electron chi connectivity index (χ2n) is 11.0. The summed E-state index contributed by atoms with van der Waals surface area (Å²) in [4.78, 5) is 26.6. The number of hydrogen-bond acceptors (Lipinski definition) is 13. The average molecular weight is 603 g/mol. The Morgan fingerprint density at radius 2 is 1.36 bits per heavy atom. The molecule has 0 radical (unpaired) electrons. The van der Waals surface area contributed by atoms with Crippen LogP contribution in [0.3, 0.4) is 0 Å². The number of phenols is 6. The van der Waals surface area contributed by atoms with E-state index in [0.29, 0.717) is 0 Å². The number of rotatable bonds is 3. The van der Waals surface area contributed by atoms with Crippen molar-refractivity contribution >= 4 is 43.9 Å². The van der Waals surface area contributed by atoms with E-state index >= 15 is 0 Å². The lowest BCUT2D eigenvalue weighted by molar-refractivity contribution is -0.0693. The number of ether oxygens (including phenoxy) is 2. The smallest absolute Gasteiger partial charge is 0.204 e. The lowest BCUT2D eigenvalue weighted by atomic mass is 9.93. The van der Waals surface area contributed by atoms with Gasteiger partial charge in [-0.15, -0.1) is 0 Å². The van der Waals surface area contributed by atoms with E-state index in [1.807, 2.05) is 0 Å². The van der Waals surface area contributed by atoms with Crippen LogP contribution < -0.4 is 20.3 Å². The quantitative estimate of drug-likeness (QED) is 0.112. The molecule has 3 heterocycles. The molecule has 0 unspecified atom stereocenters. The van der Waals surface area contributed by atoms with Crippen molar-refractivity contribution in [2.45, 2.75) is 31.7 Å². The van der Waals surface area contributed by atoms with Crippen LogP contribution >= 0.6 is 0 Å². The summed E-state index contributed by atoms with van der Waals surface area (Å²) in [5, 5.41) is 72.9. The Hall–Kier alpha value is -5.82. The van der Waals surface area contributed by atoms with Gasteiger partial charge < -0.3 is 54.1 Å². The first-order valence-corrected chi connectivity index (χ1v) is 13.1. The zero-order chi connectivity index (χ0) is 31.4. The van der Waals surface area contributed by atoms with E-state index in [1.54, 1.807) is 0 Å². The summed E-state index contributed by atoms with van der Waals surface area (Å²) in [7, 11) is 0. The normalized spacial score (nSPS) is 16.5. The minimum Gasteiger partial charge on any atom is -0.508 e. The van der Waals surface area contributed by atoms with Crippen LogP contribution in [0.4, 0.5) is 0 Å². The second-order valence-corrected chi connectivity index (χ2v) is 11.0. The Labute approximate surface area is 244 Å². The lowest BCUT2D eigenvalue weighted by Gasteiger charge is -2.30. The summed E-state index contributed by atoms with van der Waals surface area (Å²) in [5.74, 6) is -3.67. The molecule has 0 saturated heterocycles. The van der Waals surface area contributed by atoms with Gasteiger partial charge in [-0.2, -0.15) is 0 Å². The average Bonchev–Trinajstić information content (AvgIpc) is 3.31. The van der Waals surface area contributed by atoms with Gasteiger partial charge in [-0.25, -0.2) is 0 Å². The van der Waals surface area contributed by atoms with Crippen molar-refractivity contribution in [3.63, 3.8) is 0 Å². The molecule has 1 aliphatic rings. The van der Waals surface area contributed by atoms with E-state index < -0.39 is 57.4 Å². The van der Waals surface area contributed by atoms with Gasteiger partial charge in [0.1, 0.15) is 39.4 Å². The van der Waals surface area contributed by atoms with E-state index in [2.05, 4.69) is 0 Å². The maximum absolute atomic E-state index is 13.4. The summed E-state index contributed by atoms with van der Waals surface area (Å²) >= 11 is 0. The Kier molecular flexibility index (Phi) is 5.44. The van der Waals surface area contributed by atoms with Crippen LogP contribution in [0, 0.1) is 0 Å². The largest absolute Gasteiger partial charge is 0.508 e. The van der Waals surface area contributed by atoms with Crippen LogP contribution in [0.5, 0.6) is 46.0 Å². The molecule has 7 N–H and O–H groups in total. The maximum atomic E-state index is 13.4. The minimum absolute atomic E-state index is 0.0287. The zero-order valence-electron chi connectivity index (χ0n) is 22.8. The van der Waals surface area contributed by atoms with Gasteiger partial charge in [-0.05, 0) is 38.1 Å².